The molecule has 0 aliphatic rings. The van der Waals surface area contributed by atoms with E-state index in [1.807, 2.05) is 0 Å². The first-order valence-electron chi connectivity index (χ1n) is 9.62. The zero-order valence-electron chi connectivity index (χ0n) is 20.6. The smallest absolute Gasteiger partial charge is 1.00 e. The summed E-state index contributed by atoms with van der Waals surface area (Å²) >= 11 is 0. The zero-order chi connectivity index (χ0) is 23.4. The Kier molecular flexibility index (Phi) is 16.4. The van der Waals surface area contributed by atoms with Crippen LogP contribution in [0.15, 0.2) is 24.3 Å². The summed E-state index contributed by atoms with van der Waals surface area (Å²) in [6.07, 6.45) is 2.11. The van der Waals surface area contributed by atoms with Crippen LogP contribution in [0.5, 0.6) is 0 Å². The largest absolute Gasteiger partial charge is 2.00 e. The minimum Gasteiger partial charge on any atom is -1.00 e. The molecule has 31 heavy (non-hydrogen) atoms. The maximum Gasteiger partial charge on any atom is 2.00 e. The quantitative estimate of drug-likeness (QED) is 0.0917. The van der Waals surface area contributed by atoms with Gasteiger partial charge in [-0.3, -0.25) is 9.35 Å². The van der Waals surface area contributed by atoms with Gasteiger partial charge in [0.2, 0.25) is 0 Å². The molecule has 9 nitrogen and oxygen atoms in total. The third kappa shape index (κ3) is 13.9. The number of carbonyl (C=O) groups is 3. The molecule has 0 bridgehead atoms. The van der Waals surface area contributed by atoms with Gasteiger partial charge >= 0.3 is 55.6 Å². The van der Waals surface area contributed by atoms with Crippen LogP contribution in [0.4, 0.5) is 0 Å². The van der Waals surface area contributed by atoms with Crippen molar-refractivity contribution in [1.82, 2.24) is 0 Å². The minimum atomic E-state index is -3.97. The van der Waals surface area contributed by atoms with E-state index in [4.69, 9.17) is 18.8 Å². The number of hydrogen-bond acceptors (Lipinski definition) is 8. The topological polar surface area (TPSA) is 133 Å². The molecule has 0 aromatic carbocycles. The Bertz CT molecular complexity index is 725. The van der Waals surface area contributed by atoms with Crippen molar-refractivity contribution in [3.63, 3.8) is 0 Å². The summed E-state index contributed by atoms with van der Waals surface area (Å²) in [6.45, 7) is 11.0. The number of unbranched alkanes of at least 4 members (excludes halogenated alkanes) is 3. The Morgan fingerprint density at radius 3 is 1.74 bits per heavy atom. The van der Waals surface area contributed by atoms with Crippen molar-refractivity contribution in [1.29, 1.82) is 0 Å². The summed E-state index contributed by atoms with van der Waals surface area (Å²) < 4.78 is 45.6. The van der Waals surface area contributed by atoms with Crippen LogP contribution in [-0.4, -0.2) is 94.2 Å². The van der Waals surface area contributed by atoms with Gasteiger partial charge in [0, 0.05) is 11.1 Å². The molecule has 176 valence electrons. The van der Waals surface area contributed by atoms with E-state index in [0.29, 0.717) is 25.7 Å². The summed E-state index contributed by atoms with van der Waals surface area (Å²) in [4.78, 5) is 36.2. The molecular weight excluding hydrogens is 456 g/mol. The van der Waals surface area contributed by atoms with Crippen LogP contribution in [0.2, 0.25) is 0 Å². The molecule has 1 N–H and O–H groups in total. The van der Waals surface area contributed by atoms with Gasteiger partial charge in [-0.25, -0.2) is 9.59 Å². The molecule has 0 aliphatic carbocycles. The first-order chi connectivity index (χ1) is 13.8. The maximum atomic E-state index is 12.7. The average molecular weight is 491 g/mol. The number of carbonyl (C=O) groups excluding carboxylic acids is 3. The van der Waals surface area contributed by atoms with E-state index in [-0.39, 0.29) is 83.7 Å². The zero-order valence-corrected chi connectivity index (χ0v) is 21.6. The van der Waals surface area contributed by atoms with E-state index in [2.05, 4.69) is 13.2 Å². The Morgan fingerprint density at radius 2 is 1.35 bits per heavy atom. The molecular formula is C20H34CaO9S. The number of hydrogen-bond donors (Lipinski definition) is 1. The van der Waals surface area contributed by atoms with Crippen molar-refractivity contribution in [3.8, 4) is 0 Å². The fourth-order valence-electron chi connectivity index (χ4n) is 2.22. The van der Waals surface area contributed by atoms with Gasteiger partial charge in [-0.15, -0.1) is 0 Å². The van der Waals surface area contributed by atoms with Crippen molar-refractivity contribution >= 4 is 65.8 Å². The molecule has 0 atom stereocenters. The standard InChI is InChI=1S/C20H32O9S.Ca.2H/c1-6-20(13-28-17(21)15(2)3,14-29-18(22)16(4)5)19(23)27-11-9-7-8-10-12-30(24,25)26;;;/h2,4,6-14H2,1,3,5H3,(H,24,25,26);;;/q;+2;2*-1. The summed E-state index contributed by atoms with van der Waals surface area (Å²) in [6, 6.07) is 0. The van der Waals surface area contributed by atoms with Crippen molar-refractivity contribution in [3.05, 3.63) is 24.3 Å². The van der Waals surface area contributed by atoms with E-state index >= 15 is 0 Å². The van der Waals surface area contributed by atoms with Crippen molar-refractivity contribution in [2.45, 2.75) is 52.9 Å². The first kappa shape index (κ1) is 32.2. The third-order valence-corrected chi connectivity index (χ3v) is 5.10. The molecule has 0 fully saturated rings. The Hall–Kier alpha value is -0.940. The van der Waals surface area contributed by atoms with Gasteiger partial charge in [-0.05, 0) is 33.1 Å². The molecule has 11 heteroatoms. The van der Waals surface area contributed by atoms with Gasteiger partial charge < -0.3 is 17.1 Å². The SMILES string of the molecule is C=C(C)C(=O)OCC(CC)(COC(=O)C(=C)C)C(=O)OCCCCCCS(=O)(=O)O.[Ca+2].[H-].[H-]. The van der Waals surface area contributed by atoms with Crippen LogP contribution in [0.3, 0.4) is 0 Å². The maximum absolute atomic E-state index is 12.7. The second-order valence-electron chi connectivity index (χ2n) is 7.18. The Labute approximate surface area is 217 Å². The third-order valence-electron chi connectivity index (χ3n) is 4.30. The monoisotopic (exact) mass is 490 g/mol. The normalized spacial score (nSPS) is 11.1. The van der Waals surface area contributed by atoms with Crippen molar-refractivity contribution in [2.75, 3.05) is 25.6 Å². The summed E-state index contributed by atoms with van der Waals surface area (Å²) in [5.74, 6) is -2.34. The van der Waals surface area contributed by atoms with Crippen molar-refractivity contribution < 1.29 is 44.4 Å². The van der Waals surface area contributed by atoms with E-state index in [1.54, 1.807) is 6.92 Å². The van der Waals surface area contributed by atoms with Crippen LogP contribution in [0, 0.1) is 5.41 Å². The Morgan fingerprint density at radius 1 is 0.903 bits per heavy atom. The van der Waals surface area contributed by atoms with Gasteiger partial charge in [0.1, 0.15) is 18.6 Å². The van der Waals surface area contributed by atoms with Crippen LogP contribution in [-0.2, 0) is 38.7 Å². The van der Waals surface area contributed by atoms with E-state index in [9.17, 15) is 22.8 Å². The van der Waals surface area contributed by atoms with Crippen LogP contribution < -0.4 is 0 Å². The Balaban J connectivity index is -0.00000140. The minimum absolute atomic E-state index is 0. The van der Waals surface area contributed by atoms with Gasteiger partial charge in [0.25, 0.3) is 10.1 Å². The fraction of sp³-hybridized carbons (Fsp3) is 0.650. The predicted octanol–water partition coefficient (Wildman–Crippen LogP) is 2.46. The number of esters is 3. The van der Waals surface area contributed by atoms with Crippen LogP contribution >= 0.6 is 0 Å². The van der Waals surface area contributed by atoms with Gasteiger partial charge in [0.05, 0.1) is 12.4 Å². The molecule has 0 aromatic heterocycles. The molecule has 0 heterocycles. The van der Waals surface area contributed by atoms with Crippen LogP contribution in [0.25, 0.3) is 0 Å². The predicted molar refractivity (Wildman–Crippen MR) is 118 cm³/mol. The molecule has 0 unspecified atom stereocenters. The summed E-state index contributed by atoms with van der Waals surface area (Å²) in [5.41, 5.74) is -1.05. The average Bonchev–Trinajstić information content (AvgIpc) is 2.65. The molecule has 0 amide bonds. The molecule has 0 spiro atoms. The second-order valence-corrected chi connectivity index (χ2v) is 8.76. The first-order valence-corrected chi connectivity index (χ1v) is 11.2. The molecule has 0 radical (unpaired) electrons. The number of ether oxygens (including phenoxy) is 3. The molecule has 0 rings (SSSR count). The molecule has 0 aromatic rings. The van der Waals surface area contributed by atoms with Crippen LogP contribution in [0.1, 0.15) is 55.7 Å². The van der Waals surface area contributed by atoms with E-state index < -0.39 is 33.4 Å². The summed E-state index contributed by atoms with van der Waals surface area (Å²) in [5, 5.41) is 0. The number of rotatable bonds is 15. The fourth-order valence-corrected chi connectivity index (χ4v) is 2.79. The van der Waals surface area contributed by atoms with Gasteiger partial charge in [-0.1, -0.05) is 32.9 Å². The van der Waals surface area contributed by atoms with E-state index in [0.717, 1.165) is 0 Å². The molecule has 0 saturated carbocycles. The molecule has 0 aliphatic heterocycles. The molecule has 0 saturated heterocycles. The van der Waals surface area contributed by atoms with Crippen molar-refractivity contribution in [2.24, 2.45) is 5.41 Å². The second kappa shape index (κ2) is 15.8. The van der Waals surface area contributed by atoms with Gasteiger partial charge in [-0.2, -0.15) is 8.42 Å². The van der Waals surface area contributed by atoms with Gasteiger partial charge in [0.15, 0.2) is 0 Å². The van der Waals surface area contributed by atoms with E-state index in [1.165, 1.54) is 13.8 Å². The summed E-state index contributed by atoms with van der Waals surface area (Å²) in [7, 11) is -3.97.